The van der Waals surface area contributed by atoms with Crippen molar-refractivity contribution in [3.63, 3.8) is 0 Å². The molecule has 0 unspecified atom stereocenters. The molecule has 110 valence electrons. The van der Waals surface area contributed by atoms with Crippen LogP contribution in [0.15, 0.2) is 18.2 Å². The molecule has 5 heteroatoms. The van der Waals surface area contributed by atoms with Crippen LogP contribution in [0, 0.1) is 18.2 Å². The summed E-state index contributed by atoms with van der Waals surface area (Å²) in [6, 6.07) is 4.04. The molecule has 0 aliphatic rings. The number of aryl methyl sites for hydroxylation is 1. The van der Waals surface area contributed by atoms with E-state index in [1.807, 2.05) is 0 Å². The van der Waals surface area contributed by atoms with E-state index in [4.69, 9.17) is 0 Å². The van der Waals surface area contributed by atoms with Gasteiger partial charge >= 0.3 is 5.97 Å². The Morgan fingerprint density at radius 1 is 1.20 bits per heavy atom. The Balaban J connectivity index is 3.00. The van der Waals surface area contributed by atoms with Gasteiger partial charge < -0.3 is 10.4 Å². The maximum absolute atomic E-state index is 13.2. The third kappa shape index (κ3) is 2.98. The van der Waals surface area contributed by atoms with Crippen LogP contribution in [0.1, 0.15) is 43.6 Å². The van der Waals surface area contributed by atoms with Gasteiger partial charge in [-0.1, -0.05) is 0 Å². The van der Waals surface area contributed by atoms with Crippen LogP contribution in [0.3, 0.4) is 0 Å². The number of carboxylic acid groups (broad SMARTS) is 1. The molecule has 0 spiro atoms. The van der Waals surface area contributed by atoms with Crippen molar-refractivity contribution in [1.29, 1.82) is 0 Å². The second-order valence-corrected chi connectivity index (χ2v) is 5.97. The van der Waals surface area contributed by atoms with Gasteiger partial charge in [-0.2, -0.15) is 0 Å². The monoisotopic (exact) mass is 281 g/mol. The molecule has 1 aromatic carbocycles. The van der Waals surface area contributed by atoms with Crippen LogP contribution < -0.4 is 5.32 Å². The molecule has 1 aromatic rings. The van der Waals surface area contributed by atoms with Crippen LogP contribution in [0.25, 0.3) is 0 Å². The van der Waals surface area contributed by atoms with E-state index in [0.29, 0.717) is 11.1 Å². The number of carbonyl (C=O) groups excluding carboxylic acids is 1. The molecule has 20 heavy (non-hydrogen) atoms. The summed E-state index contributed by atoms with van der Waals surface area (Å²) in [5.41, 5.74) is -1.43. The smallest absolute Gasteiger partial charge is 0.311 e. The maximum Gasteiger partial charge on any atom is 0.311 e. The molecule has 0 fully saturated rings. The third-order valence-electron chi connectivity index (χ3n) is 3.94. The number of aliphatic carboxylic acids is 1. The van der Waals surface area contributed by atoms with Crippen molar-refractivity contribution < 1.29 is 19.1 Å². The minimum atomic E-state index is -1.14. The highest BCUT2D eigenvalue weighted by Crippen LogP contribution is 2.31. The number of benzene rings is 1. The molecule has 1 rings (SSSR count). The first kappa shape index (κ1) is 16.1. The SMILES string of the molecule is Cc1cc(C(=O)NC(C)(C)C(C)(C)C(=O)O)ccc1F. The topological polar surface area (TPSA) is 66.4 Å². The summed E-state index contributed by atoms with van der Waals surface area (Å²) >= 11 is 0. The fourth-order valence-corrected chi connectivity index (χ4v) is 1.57. The summed E-state index contributed by atoms with van der Waals surface area (Å²) in [6.07, 6.45) is 0. The quantitative estimate of drug-likeness (QED) is 0.891. The zero-order chi connectivity index (χ0) is 15.7. The average Bonchev–Trinajstić information content (AvgIpc) is 2.31. The Bertz CT molecular complexity index is 550. The van der Waals surface area contributed by atoms with Crippen LogP contribution in [-0.4, -0.2) is 22.5 Å². The molecule has 0 heterocycles. The van der Waals surface area contributed by atoms with Crippen LogP contribution in [0.5, 0.6) is 0 Å². The largest absolute Gasteiger partial charge is 0.481 e. The highest BCUT2D eigenvalue weighted by atomic mass is 19.1. The van der Waals surface area contributed by atoms with Gasteiger partial charge in [0.1, 0.15) is 5.82 Å². The van der Waals surface area contributed by atoms with Crippen molar-refractivity contribution in [3.05, 3.63) is 35.1 Å². The predicted octanol–water partition coefficient (Wildman–Crippen LogP) is 2.75. The summed E-state index contributed by atoms with van der Waals surface area (Å²) in [7, 11) is 0. The fraction of sp³-hybridized carbons (Fsp3) is 0.467. The third-order valence-corrected chi connectivity index (χ3v) is 3.94. The number of carboxylic acids is 1. The first-order valence-electron chi connectivity index (χ1n) is 6.31. The van der Waals surface area contributed by atoms with Crippen molar-refractivity contribution in [1.82, 2.24) is 5.32 Å². The molecule has 2 N–H and O–H groups in total. The Labute approximate surface area is 118 Å². The van der Waals surface area contributed by atoms with Crippen LogP contribution in [0.4, 0.5) is 4.39 Å². The molecule has 0 saturated heterocycles. The number of halogens is 1. The van der Waals surface area contributed by atoms with E-state index in [-0.39, 0.29) is 5.82 Å². The zero-order valence-electron chi connectivity index (χ0n) is 12.4. The van der Waals surface area contributed by atoms with Gasteiger partial charge in [0.2, 0.25) is 0 Å². The fourth-order valence-electron chi connectivity index (χ4n) is 1.57. The lowest BCUT2D eigenvalue weighted by Crippen LogP contribution is -2.56. The standard InChI is InChI=1S/C15H20FNO3/c1-9-8-10(6-7-11(9)16)12(18)17-15(4,5)14(2,3)13(19)20/h6-8H,1-5H3,(H,17,18)(H,19,20). The number of amides is 1. The number of nitrogens with one attached hydrogen (secondary N) is 1. The van der Waals surface area contributed by atoms with Crippen molar-refractivity contribution in [2.24, 2.45) is 5.41 Å². The first-order chi connectivity index (χ1) is 8.99. The van der Waals surface area contributed by atoms with Gasteiger partial charge in [0.15, 0.2) is 0 Å². The lowest BCUT2D eigenvalue weighted by molar-refractivity contribution is -0.150. The molecule has 0 radical (unpaired) electrons. The minimum absolute atomic E-state index is 0.304. The molecule has 0 atom stereocenters. The highest BCUT2D eigenvalue weighted by molar-refractivity contribution is 5.95. The van der Waals surface area contributed by atoms with Gasteiger partial charge in [0.25, 0.3) is 5.91 Å². The summed E-state index contributed by atoms with van der Waals surface area (Å²) in [5.74, 6) is -1.81. The van der Waals surface area contributed by atoms with Crippen molar-refractivity contribution in [2.75, 3.05) is 0 Å². The van der Waals surface area contributed by atoms with E-state index >= 15 is 0 Å². The van der Waals surface area contributed by atoms with Crippen molar-refractivity contribution in [2.45, 2.75) is 40.2 Å². The van der Waals surface area contributed by atoms with E-state index in [2.05, 4.69) is 5.32 Å². The molecule has 1 amide bonds. The average molecular weight is 281 g/mol. The molecular formula is C15H20FNO3. The lowest BCUT2D eigenvalue weighted by atomic mass is 9.74. The number of hydrogen-bond acceptors (Lipinski definition) is 2. The van der Waals surface area contributed by atoms with Gasteiger partial charge in [-0.05, 0) is 58.4 Å². The summed E-state index contributed by atoms with van der Waals surface area (Å²) in [4.78, 5) is 23.5. The van der Waals surface area contributed by atoms with Gasteiger partial charge in [-0.25, -0.2) is 4.39 Å². The first-order valence-corrected chi connectivity index (χ1v) is 6.31. The van der Waals surface area contributed by atoms with E-state index < -0.39 is 22.8 Å². The Hall–Kier alpha value is -1.91. The predicted molar refractivity (Wildman–Crippen MR) is 74.1 cm³/mol. The number of carbonyl (C=O) groups is 2. The minimum Gasteiger partial charge on any atom is -0.481 e. The number of rotatable bonds is 4. The molecule has 0 bridgehead atoms. The van der Waals surface area contributed by atoms with E-state index in [1.165, 1.54) is 18.2 Å². The van der Waals surface area contributed by atoms with Crippen molar-refractivity contribution in [3.8, 4) is 0 Å². The molecular weight excluding hydrogens is 261 g/mol. The normalized spacial score (nSPS) is 12.1. The van der Waals surface area contributed by atoms with Gasteiger partial charge in [0, 0.05) is 5.56 Å². The van der Waals surface area contributed by atoms with Gasteiger partial charge in [0.05, 0.1) is 11.0 Å². The number of hydrogen-bond donors (Lipinski definition) is 2. The van der Waals surface area contributed by atoms with E-state index in [1.54, 1.807) is 34.6 Å². The van der Waals surface area contributed by atoms with E-state index in [0.717, 1.165) is 0 Å². The summed E-state index contributed by atoms with van der Waals surface area (Å²) in [6.45, 7) is 7.96. The molecule has 0 aliphatic heterocycles. The second-order valence-electron chi connectivity index (χ2n) is 5.97. The molecule has 0 aromatic heterocycles. The molecule has 0 aliphatic carbocycles. The molecule has 4 nitrogen and oxygen atoms in total. The Kier molecular flexibility index (Phi) is 4.22. The van der Waals surface area contributed by atoms with Gasteiger partial charge in [-0.3, -0.25) is 9.59 Å². The van der Waals surface area contributed by atoms with Crippen LogP contribution >= 0.6 is 0 Å². The summed E-state index contributed by atoms with van der Waals surface area (Å²) in [5, 5.41) is 11.9. The summed E-state index contributed by atoms with van der Waals surface area (Å²) < 4.78 is 13.2. The van der Waals surface area contributed by atoms with Crippen LogP contribution in [0.2, 0.25) is 0 Å². The van der Waals surface area contributed by atoms with Crippen LogP contribution in [-0.2, 0) is 4.79 Å². The Morgan fingerprint density at radius 3 is 2.20 bits per heavy atom. The highest BCUT2D eigenvalue weighted by Gasteiger charge is 2.44. The van der Waals surface area contributed by atoms with Crippen molar-refractivity contribution >= 4 is 11.9 Å². The maximum atomic E-state index is 13.2. The van der Waals surface area contributed by atoms with Gasteiger partial charge in [-0.15, -0.1) is 0 Å². The van der Waals surface area contributed by atoms with E-state index in [9.17, 15) is 19.1 Å². The Morgan fingerprint density at radius 2 is 1.75 bits per heavy atom. The second kappa shape index (κ2) is 5.23. The molecule has 0 saturated carbocycles. The zero-order valence-corrected chi connectivity index (χ0v) is 12.4. The lowest BCUT2D eigenvalue weighted by Gasteiger charge is -2.38.